The van der Waals surface area contributed by atoms with Crippen molar-refractivity contribution in [2.75, 3.05) is 48.1 Å². The Labute approximate surface area is 246 Å². The van der Waals surface area contributed by atoms with E-state index >= 15 is 0 Å². The van der Waals surface area contributed by atoms with E-state index in [9.17, 15) is 19.8 Å². The molecule has 1 aromatic carbocycles. The molecular formula is C32H43NO9. The second-order valence-corrected chi connectivity index (χ2v) is 13.5. The number of fused-ring (bicyclic) bond motifs is 2. The zero-order valence-electron chi connectivity index (χ0n) is 25.0. The summed E-state index contributed by atoms with van der Waals surface area (Å²) in [5.41, 5.74) is -2.56. The highest BCUT2D eigenvalue weighted by Gasteiger charge is 2.87. The van der Waals surface area contributed by atoms with Crippen LogP contribution in [0.3, 0.4) is 0 Å². The molecule has 0 amide bonds. The number of carbonyl (C=O) groups is 2. The molecule has 6 aliphatic rings. The van der Waals surface area contributed by atoms with Crippen LogP contribution >= 0.6 is 0 Å². The van der Waals surface area contributed by atoms with E-state index in [0.717, 1.165) is 0 Å². The molecule has 0 aromatic heterocycles. The summed E-state index contributed by atoms with van der Waals surface area (Å²) in [5.74, 6) is -2.42. The van der Waals surface area contributed by atoms with Gasteiger partial charge in [-0.1, -0.05) is 25.1 Å². The Kier molecular flexibility index (Phi) is 6.72. The van der Waals surface area contributed by atoms with Crippen LogP contribution in [0.2, 0.25) is 0 Å². The molecule has 14 atom stereocenters. The smallest absolute Gasteiger partial charge is 0.338 e. The third kappa shape index (κ3) is 3.19. The number of nitrogens with zero attached hydrogens (tertiary/aromatic N) is 1. The molecule has 1 spiro atoms. The van der Waals surface area contributed by atoms with Gasteiger partial charge in [0.15, 0.2) is 5.78 Å². The maximum absolute atomic E-state index is 14.5. The highest BCUT2D eigenvalue weighted by molar-refractivity contribution is 5.92. The Bertz CT molecular complexity index is 1250. The molecule has 6 unspecified atom stereocenters. The van der Waals surface area contributed by atoms with Crippen molar-refractivity contribution in [2.45, 2.75) is 61.9 Å². The topological polar surface area (TPSA) is 124 Å². The number of likely N-dealkylation sites (tertiary alicyclic amines) is 1. The van der Waals surface area contributed by atoms with Crippen molar-refractivity contribution in [1.82, 2.24) is 4.90 Å². The van der Waals surface area contributed by atoms with Crippen molar-refractivity contribution in [2.24, 2.45) is 40.4 Å². The van der Waals surface area contributed by atoms with Crippen molar-refractivity contribution in [3.8, 4) is 0 Å². The number of esters is 1. The summed E-state index contributed by atoms with van der Waals surface area (Å²) in [6, 6.07) is 8.65. The molecule has 10 heteroatoms. The van der Waals surface area contributed by atoms with Crippen LogP contribution in [0.1, 0.15) is 30.1 Å². The lowest BCUT2D eigenvalue weighted by atomic mass is 9.43. The van der Waals surface area contributed by atoms with Crippen molar-refractivity contribution < 1.29 is 43.5 Å². The van der Waals surface area contributed by atoms with Crippen molar-refractivity contribution in [1.29, 1.82) is 0 Å². The number of piperidine rings is 1. The van der Waals surface area contributed by atoms with Crippen LogP contribution in [0.25, 0.3) is 0 Å². The number of methoxy groups -OCH3 is 4. The maximum Gasteiger partial charge on any atom is 0.338 e. The lowest BCUT2D eigenvalue weighted by molar-refractivity contribution is -0.280. The molecular weight excluding hydrogens is 542 g/mol. The number of rotatable bonds is 8. The normalized spacial score (nSPS) is 50.2. The van der Waals surface area contributed by atoms with Gasteiger partial charge in [-0.15, -0.1) is 0 Å². The molecule has 7 bridgehead atoms. The van der Waals surface area contributed by atoms with Gasteiger partial charge in [-0.3, -0.25) is 9.69 Å². The standard InChI is InChI=1S/C32H43NO9/c1-6-33-14-30(15-38-2)18(34)12-19(39-3)32-17-13-31(37)27(42-29(36)16-10-8-7-9-11-16)20(17)21(23(35)28(31)41-5)22(26(32)33)24(40-4)25(30)32/h7-11,17-22,24-28,34,37H,6,12-15H2,1-5H3/t17-,18-,19?,20+,21+,22?,24?,25?,26?,27-,28+,30+,31-,32?/m1/s1. The molecule has 1 saturated heterocycles. The van der Waals surface area contributed by atoms with Gasteiger partial charge in [-0.2, -0.15) is 0 Å². The first-order chi connectivity index (χ1) is 20.2. The average Bonchev–Trinajstić information content (AvgIpc) is 3.33. The molecule has 230 valence electrons. The number of ether oxygens (including phenoxy) is 5. The quantitative estimate of drug-likeness (QED) is 0.430. The first kappa shape index (κ1) is 28.8. The van der Waals surface area contributed by atoms with E-state index in [4.69, 9.17) is 23.7 Å². The fourth-order valence-corrected chi connectivity index (χ4v) is 11.7. The number of hydrogen-bond acceptors (Lipinski definition) is 10. The molecule has 7 rings (SSSR count). The Balaban J connectivity index is 1.45. The van der Waals surface area contributed by atoms with Gasteiger partial charge in [0, 0.05) is 81.9 Å². The summed E-state index contributed by atoms with van der Waals surface area (Å²) in [5, 5.41) is 24.4. The Morgan fingerprint density at radius 1 is 1.07 bits per heavy atom. The fraction of sp³-hybridized carbons (Fsp3) is 0.750. The Morgan fingerprint density at radius 3 is 2.43 bits per heavy atom. The fourth-order valence-electron chi connectivity index (χ4n) is 11.7. The zero-order valence-corrected chi connectivity index (χ0v) is 25.0. The third-order valence-corrected chi connectivity index (χ3v) is 12.5. The minimum atomic E-state index is -1.70. The van der Waals surface area contributed by atoms with E-state index in [1.165, 1.54) is 7.11 Å². The minimum absolute atomic E-state index is 0.0847. The van der Waals surface area contributed by atoms with Crippen LogP contribution < -0.4 is 0 Å². The van der Waals surface area contributed by atoms with E-state index in [1.807, 2.05) is 6.07 Å². The molecule has 5 aliphatic carbocycles. The minimum Gasteiger partial charge on any atom is -0.455 e. The monoisotopic (exact) mass is 585 g/mol. The number of hydrogen-bond donors (Lipinski definition) is 2. The maximum atomic E-state index is 14.5. The number of Topliss-reactive ketones (excluding diaryl/α,β-unsaturated/α-hetero) is 1. The van der Waals surface area contributed by atoms with Crippen molar-refractivity contribution in [3.05, 3.63) is 35.9 Å². The molecule has 42 heavy (non-hydrogen) atoms. The first-order valence-corrected chi connectivity index (χ1v) is 15.2. The van der Waals surface area contributed by atoms with Crippen LogP contribution in [0.15, 0.2) is 30.3 Å². The van der Waals surface area contributed by atoms with Gasteiger partial charge in [0.2, 0.25) is 0 Å². The summed E-state index contributed by atoms with van der Waals surface area (Å²) in [4.78, 5) is 30.4. The van der Waals surface area contributed by atoms with Crippen molar-refractivity contribution in [3.63, 3.8) is 0 Å². The highest BCUT2D eigenvalue weighted by atomic mass is 16.6. The van der Waals surface area contributed by atoms with Crippen LogP contribution in [0.5, 0.6) is 0 Å². The summed E-state index contributed by atoms with van der Waals surface area (Å²) < 4.78 is 30.6. The van der Waals surface area contributed by atoms with E-state index < -0.39 is 52.5 Å². The second kappa shape index (κ2) is 9.79. The SMILES string of the molecule is CCN1C[C@@]2(COC)C3C(OC)C4C1C3(C(OC)C[C@H]2O)[C@@H]1C[C@@]2(O)[C@H](OC(=O)c3ccccc3)[C@@H]1[C@@H]4C(=O)[C@@H]2OC. The number of carbonyl (C=O) groups excluding carboxylic acids is 2. The molecule has 1 heterocycles. The first-order valence-electron chi connectivity index (χ1n) is 15.2. The molecule has 5 saturated carbocycles. The zero-order chi connectivity index (χ0) is 29.8. The predicted molar refractivity (Wildman–Crippen MR) is 148 cm³/mol. The summed E-state index contributed by atoms with van der Waals surface area (Å²) in [7, 11) is 6.49. The van der Waals surface area contributed by atoms with Gasteiger partial charge in [0.05, 0.1) is 30.5 Å². The van der Waals surface area contributed by atoms with Crippen LogP contribution in [-0.4, -0.2) is 117 Å². The van der Waals surface area contributed by atoms with E-state index in [1.54, 1.807) is 45.6 Å². The molecule has 6 fully saturated rings. The van der Waals surface area contributed by atoms with Gasteiger partial charge < -0.3 is 33.9 Å². The number of ketones is 1. The van der Waals surface area contributed by atoms with E-state index in [-0.39, 0.29) is 48.2 Å². The number of aliphatic hydroxyl groups excluding tert-OH is 1. The lowest BCUT2D eigenvalue weighted by Gasteiger charge is -2.69. The summed E-state index contributed by atoms with van der Waals surface area (Å²) in [6.07, 6.45) is -2.90. The van der Waals surface area contributed by atoms with Gasteiger partial charge in [-0.05, 0) is 31.0 Å². The van der Waals surface area contributed by atoms with Gasteiger partial charge in [0.25, 0.3) is 0 Å². The predicted octanol–water partition coefficient (Wildman–Crippen LogP) is 1.17. The molecule has 10 nitrogen and oxygen atoms in total. The second-order valence-electron chi connectivity index (χ2n) is 13.5. The summed E-state index contributed by atoms with van der Waals surface area (Å²) >= 11 is 0. The van der Waals surface area contributed by atoms with Gasteiger partial charge in [0.1, 0.15) is 17.8 Å². The average molecular weight is 586 g/mol. The number of aliphatic hydroxyl groups is 2. The third-order valence-electron chi connectivity index (χ3n) is 12.5. The van der Waals surface area contributed by atoms with Crippen LogP contribution in [0.4, 0.5) is 0 Å². The summed E-state index contributed by atoms with van der Waals surface area (Å²) in [6.45, 7) is 3.77. The highest BCUT2D eigenvalue weighted by Crippen LogP contribution is 2.78. The Morgan fingerprint density at radius 2 is 1.81 bits per heavy atom. The lowest BCUT2D eigenvalue weighted by Crippen LogP contribution is -2.77. The Hall–Kier alpha value is -1.92. The van der Waals surface area contributed by atoms with Crippen LogP contribution in [-0.2, 0) is 28.5 Å². The molecule has 1 aromatic rings. The molecule has 2 N–H and O–H groups in total. The van der Waals surface area contributed by atoms with Gasteiger partial charge >= 0.3 is 5.97 Å². The van der Waals surface area contributed by atoms with Crippen molar-refractivity contribution >= 4 is 11.8 Å². The van der Waals surface area contributed by atoms with Gasteiger partial charge in [-0.25, -0.2) is 4.79 Å². The molecule has 1 aliphatic heterocycles. The van der Waals surface area contributed by atoms with E-state index in [0.29, 0.717) is 31.7 Å². The van der Waals surface area contributed by atoms with E-state index in [2.05, 4.69) is 11.8 Å². The molecule has 0 radical (unpaired) electrons. The number of benzene rings is 1. The largest absolute Gasteiger partial charge is 0.455 e. The van der Waals surface area contributed by atoms with Crippen LogP contribution in [0, 0.1) is 40.4 Å².